The summed E-state index contributed by atoms with van der Waals surface area (Å²) in [5.74, 6) is -1.80. The molecule has 0 radical (unpaired) electrons. The van der Waals surface area contributed by atoms with Crippen LogP contribution in [-0.2, 0) is 9.59 Å². The number of nitrogens with one attached hydrogen (secondary N) is 1. The van der Waals surface area contributed by atoms with Crippen molar-refractivity contribution < 1.29 is 14.7 Å². The van der Waals surface area contributed by atoms with E-state index in [0.717, 1.165) is 12.8 Å². The molecule has 2 unspecified atom stereocenters. The number of rotatable bonds is 6. The van der Waals surface area contributed by atoms with Crippen LogP contribution in [0.3, 0.4) is 0 Å². The van der Waals surface area contributed by atoms with Crippen molar-refractivity contribution >= 4 is 11.9 Å². The Kier molecular flexibility index (Phi) is 4.42. The molecular formula is C14H21N3O3. The molecule has 1 aromatic rings. The maximum atomic E-state index is 11.9. The van der Waals surface area contributed by atoms with Crippen LogP contribution in [0.1, 0.15) is 32.7 Å². The maximum absolute atomic E-state index is 11.9. The van der Waals surface area contributed by atoms with Crippen molar-refractivity contribution in [3.63, 3.8) is 0 Å². The summed E-state index contributed by atoms with van der Waals surface area (Å²) >= 11 is 0. The minimum atomic E-state index is -0.934. The van der Waals surface area contributed by atoms with Gasteiger partial charge in [-0.25, -0.2) is 4.98 Å². The second-order valence-corrected chi connectivity index (χ2v) is 5.66. The summed E-state index contributed by atoms with van der Waals surface area (Å²) < 4.78 is 2.09. The van der Waals surface area contributed by atoms with Crippen LogP contribution >= 0.6 is 0 Å². The summed E-state index contributed by atoms with van der Waals surface area (Å²) in [5.41, 5.74) is 0. The molecule has 2 atom stereocenters. The number of imidazole rings is 1. The molecule has 1 heterocycles. The maximum Gasteiger partial charge on any atom is 0.307 e. The second kappa shape index (κ2) is 6.07. The highest BCUT2D eigenvalue weighted by molar-refractivity contribution is 5.84. The van der Waals surface area contributed by atoms with Crippen LogP contribution in [0.25, 0.3) is 0 Å². The number of carboxylic acids is 1. The van der Waals surface area contributed by atoms with Gasteiger partial charge in [-0.2, -0.15) is 0 Å². The van der Waals surface area contributed by atoms with Gasteiger partial charge < -0.3 is 15.0 Å². The molecule has 1 aliphatic rings. The highest BCUT2D eigenvalue weighted by atomic mass is 16.4. The minimum Gasteiger partial charge on any atom is -0.481 e. The van der Waals surface area contributed by atoms with Crippen LogP contribution in [0.2, 0.25) is 0 Å². The third-order valence-electron chi connectivity index (χ3n) is 4.28. The molecule has 0 aliphatic heterocycles. The summed E-state index contributed by atoms with van der Waals surface area (Å²) in [4.78, 5) is 26.7. The number of nitrogens with zero attached hydrogens (tertiary/aromatic N) is 2. The Hall–Kier alpha value is -1.85. The molecule has 6 nitrogen and oxygen atoms in total. The van der Waals surface area contributed by atoms with Crippen LogP contribution in [0, 0.1) is 17.8 Å². The van der Waals surface area contributed by atoms with E-state index in [9.17, 15) is 9.59 Å². The largest absolute Gasteiger partial charge is 0.481 e. The molecule has 2 rings (SSSR count). The Labute approximate surface area is 118 Å². The number of carboxylic acid groups (broad SMARTS) is 1. The summed E-state index contributed by atoms with van der Waals surface area (Å²) in [5, 5.41) is 11.7. The van der Waals surface area contributed by atoms with E-state index in [1.165, 1.54) is 0 Å². The molecule has 2 N–H and O–H groups in total. The van der Waals surface area contributed by atoms with E-state index in [1.54, 1.807) is 20.0 Å². The molecule has 1 fully saturated rings. The fourth-order valence-electron chi connectivity index (χ4n) is 2.44. The molecule has 0 saturated heterocycles. The first-order valence-corrected chi connectivity index (χ1v) is 6.97. The lowest BCUT2D eigenvalue weighted by molar-refractivity contribution is -0.146. The molecule has 1 aromatic heterocycles. The summed E-state index contributed by atoms with van der Waals surface area (Å²) in [6, 6.07) is 0.481. The van der Waals surface area contributed by atoms with Gasteiger partial charge in [-0.05, 0) is 18.8 Å². The van der Waals surface area contributed by atoms with E-state index in [2.05, 4.69) is 14.9 Å². The van der Waals surface area contributed by atoms with Crippen LogP contribution in [0.4, 0.5) is 0 Å². The zero-order valence-corrected chi connectivity index (χ0v) is 11.8. The van der Waals surface area contributed by atoms with Gasteiger partial charge in [0.1, 0.15) is 0 Å². The molecule has 110 valence electrons. The van der Waals surface area contributed by atoms with E-state index < -0.39 is 17.8 Å². The van der Waals surface area contributed by atoms with Crippen molar-refractivity contribution in [2.45, 2.75) is 32.7 Å². The van der Waals surface area contributed by atoms with Crippen LogP contribution in [-0.4, -0.2) is 33.1 Å². The Bertz CT molecular complexity index is 466. The lowest BCUT2D eigenvalue weighted by atomic mass is 9.80. The fraction of sp³-hybridized carbons (Fsp3) is 0.643. The monoisotopic (exact) mass is 279 g/mol. The third-order valence-corrected chi connectivity index (χ3v) is 4.28. The molecule has 6 heteroatoms. The number of hydrogen-bond donors (Lipinski definition) is 2. The number of aliphatic carboxylic acids is 1. The SMILES string of the molecule is CC(C(=O)O)C(C)C(=O)NCC1CC(n2ccnc2)C1. The normalized spacial score (nSPS) is 24.5. The average molecular weight is 279 g/mol. The number of hydrogen-bond acceptors (Lipinski definition) is 3. The number of amides is 1. The molecule has 0 aromatic carbocycles. The summed E-state index contributed by atoms with van der Waals surface area (Å²) in [6.07, 6.45) is 7.59. The lowest BCUT2D eigenvalue weighted by Crippen LogP contribution is -2.41. The van der Waals surface area contributed by atoms with Crippen molar-refractivity contribution in [1.82, 2.24) is 14.9 Å². The average Bonchev–Trinajstić information content (AvgIpc) is 2.88. The standard InChI is InChI=1S/C14H21N3O3/c1-9(10(2)14(19)20)13(18)16-7-11-5-12(6-11)17-4-3-15-8-17/h3-4,8-12H,5-7H2,1-2H3,(H,16,18)(H,19,20). The molecule has 0 spiro atoms. The number of carbonyl (C=O) groups excluding carboxylic acids is 1. The van der Waals surface area contributed by atoms with Gasteiger partial charge in [-0.15, -0.1) is 0 Å². The Balaban J connectivity index is 1.69. The van der Waals surface area contributed by atoms with Gasteiger partial charge in [-0.1, -0.05) is 13.8 Å². The van der Waals surface area contributed by atoms with E-state index in [4.69, 9.17) is 5.11 Å². The molecular weight excluding hydrogens is 258 g/mol. The second-order valence-electron chi connectivity index (χ2n) is 5.66. The van der Waals surface area contributed by atoms with Gasteiger partial charge in [0.25, 0.3) is 0 Å². The van der Waals surface area contributed by atoms with E-state index in [0.29, 0.717) is 18.5 Å². The van der Waals surface area contributed by atoms with E-state index in [1.807, 2.05) is 12.5 Å². The first-order valence-electron chi connectivity index (χ1n) is 6.97. The fourth-order valence-corrected chi connectivity index (χ4v) is 2.44. The van der Waals surface area contributed by atoms with E-state index in [-0.39, 0.29) is 5.91 Å². The van der Waals surface area contributed by atoms with Gasteiger partial charge in [0.2, 0.25) is 5.91 Å². The number of carbonyl (C=O) groups is 2. The van der Waals surface area contributed by atoms with Crippen molar-refractivity contribution in [3.8, 4) is 0 Å². The third kappa shape index (κ3) is 3.18. The van der Waals surface area contributed by atoms with Crippen LogP contribution in [0.15, 0.2) is 18.7 Å². The Morgan fingerprint density at radius 1 is 1.40 bits per heavy atom. The first kappa shape index (κ1) is 14.6. The number of aromatic nitrogens is 2. The minimum absolute atomic E-state index is 0.175. The van der Waals surface area contributed by atoms with Crippen molar-refractivity contribution in [2.24, 2.45) is 17.8 Å². The summed E-state index contributed by atoms with van der Waals surface area (Å²) in [7, 11) is 0. The van der Waals surface area contributed by atoms with Gasteiger partial charge in [-0.3, -0.25) is 9.59 Å². The van der Waals surface area contributed by atoms with Crippen LogP contribution in [0.5, 0.6) is 0 Å². The van der Waals surface area contributed by atoms with Crippen molar-refractivity contribution in [3.05, 3.63) is 18.7 Å². The van der Waals surface area contributed by atoms with Crippen LogP contribution < -0.4 is 5.32 Å². The topological polar surface area (TPSA) is 84.2 Å². The molecule has 0 bridgehead atoms. The predicted molar refractivity (Wildman–Crippen MR) is 73.0 cm³/mol. The highest BCUT2D eigenvalue weighted by Gasteiger charge is 2.31. The van der Waals surface area contributed by atoms with E-state index >= 15 is 0 Å². The quantitative estimate of drug-likeness (QED) is 0.822. The smallest absolute Gasteiger partial charge is 0.307 e. The van der Waals surface area contributed by atoms with Gasteiger partial charge in [0, 0.05) is 30.9 Å². The highest BCUT2D eigenvalue weighted by Crippen LogP contribution is 2.37. The van der Waals surface area contributed by atoms with Crippen molar-refractivity contribution in [2.75, 3.05) is 6.54 Å². The molecule has 1 aliphatic carbocycles. The van der Waals surface area contributed by atoms with Gasteiger partial charge in [0.15, 0.2) is 0 Å². The molecule has 1 saturated carbocycles. The Morgan fingerprint density at radius 3 is 2.65 bits per heavy atom. The lowest BCUT2D eigenvalue weighted by Gasteiger charge is -2.36. The van der Waals surface area contributed by atoms with Gasteiger partial charge >= 0.3 is 5.97 Å². The van der Waals surface area contributed by atoms with Crippen molar-refractivity contribution in [1.29, 1.82) is 0 Å². The van der Waals surface area contributed by atoms with Gasteiger partial charge in [0.05, 0.1) is 12.2 Å². The first-order chi connectivity index (χ1) is 9.49. The zero-order valence-electron chi connectivity index (χ0n) is 11.8. The molecule has 20 heavy (non-hydrogen) atoms. The molecule has 1 amide bonds. The Morgan fingerprint density at radius 2 is 2.10 bits per heavy atom. The predicted octanol–water partition coefficient (Wildman–Crippen LogP) is 1.31. The summed E-state index contributed by atoms with van der Waals surface area (Å²) in [6.45, 7) is 3.84. The zero-order chi connectivity index (χ0) is 14.7.